The molecule has 3 heterocycles. The van der Waals surface area contributed by atoms with Gasteiger partial charge >= 0.3 is 0 Å². The van der Waals surface area contributed by atoms with Crippen LogP contribution in [-0.2, 0) is 19.4 Å². The molecule has 6 heteroatoms. The summed E-state index contributed by atoms with van der Waals surface area (Å²) in [6.07, 6.45) is 6.58. The highest BCUT2D eigenvalue weighted by Crippen LogP contribution is 2.20. The van der Waals surface area contributed by atoms with E-state index in [0.29, 0.717) is 0 Å². The van der Waals surface area contributed by atoms with Crippen molar-refractivity contribution >= 4 is 0 Å². The fourth-order valence-corrected chi connectivity index (χ4v) is 4.71. The fourth-order valence-electron chi connectivity index (χ4n) is 4.71. The lowest BCUT2D eigenvalue weighted by Crippen LogP contribution is -2.58. The zero-order valence-electron chi connectivity index (χ0n) is 18.2. The van der Waals surface area contributed by atoms with Crippen LogP contribution in [0.3, 0.4) is 0 Å². The van der Waals surface area contributed by atoms with Crippen molar-refractivity contribution in [2.45, 2.75) is 44.9 Å². The number of likely N-dealkylation sites (tertiary alicyclic amines) is 1. The van der Waals surface area contributed by atoms with Crippen molar-refractivity contribution in [2.24, 2.45) is 0 Å². The molecule has 4 rings (SSSR count). The summed E-state index contributed by atoms with van der Waals surface area (Å²) in [4.78, 5) is 16.2. The lowest BCUT2D eigenvalue weighted by Gasteiger charge is -2.45. The number of aryl methyl sites for hydroxylation is 1. The fraction of sp³-hybridized carbons (Fsp3) is 0.583. The predicted molar refractivity (Wildman–Crippen MR) is 119 cm³/mol. The van der Waals surface area contributed by atoms with Gasteiger partial charge in [0.15, 0.2) is 0 Å². The van der Waals surface area contributed by atoms with Crippen LogP contribution in [0.1, 0.15) is 30.3 Å². The van der Waals surface area contributed by atoms with Crippen molar-refractivity contribution in [1.29, 1.82) is 0 Å². The van der Waals surface area contributed by atoms with Crippen molar-refractivity contribution in [2.75, 3.05) is 45.8 Å². The molecule has 0 spiro atoms. The number of aliphatic hydroxyl groups is 1. The molecule has 30 heavy (non-hydrogen) atoms. The van der Waals surface area contributed by atoms with Gasteiger partial charge in [0.05, 0.1) is 6.10 Å². The number of hydrogen-bond acceptors (Lipinski definition) is 6. The average molecular weight is 410 g/mol. The van der Waals surface area contributed by atoms with Gasteiger partial charge in [0.25, 0.3) is 0 Å². The summed E-state index contributed by atoms with van der Waals surface area (Å²) in [6.45, 7) is 10.1. The molecule has 0 saturated carbocycles. The molecule has 1 aromatic heterocycles. The number of aliphatic hydroxyl groups excluding tert-OH is 1. The molecule has 2 aliphatic rings. The average Bonchev–Trinajstić information content (AvgIpc) is 2.79. The Hall–Kier alpha value is -1.86. The van der Waals surface area contributed by atoms with Gasteiger partial charge < -0.3 is 10.0 Å². The van der Waals surface area contributed by atoms with Crippen LogP contribution < -0.4 is 0 Å². The number of benzene rings is 1. The van der Waals surface area contributed by atoms with Crippen LogP contribution in [0.2, 0.25) is 0 Å². The molecular weight excluding hydrogens is 374 g/mol. The summed E-state index contributed by atoms with van der Waals surface area (Å²) in [5, 5.41) is 10.8. The zero-order valence-corrected chi connectivity index (χ0v) is 18.2. The third kappa shape index (κ3) is 5.64. The van der Waals surface area contributed by atoms with Crippen LogP contribution in [0.4, 0.5) is 0 Å². The van der Waals surface area contributed by atoms with Crippen molar-refractivity contribution in [3.8, 4) is 0 Å². The predicted octanol–water partition coefficient (Wildman–Crippen LogP) is 1.83. The molecule has 0 bridgehead atoms. The minimum atomic E-state index is -0.287. The minimum Gasteiger partial charge on any atom is -0.390 e. The zero-order chi connectivity index (χ0) is 20.8. The Balaban J connectivity index is 1.20. The topological polar surface area (TPSA) is 55.7 Å². The highest BCUT2D eigenvalue weighted by molar-refractivity contribution is 5.15. The van der Waals surface area contributed by atoms with Crippen LogP contribution in [0, 0.1) is 0 Å². The van der Waals surface area contributed by atoms with E-state index in [4.69, 9.17) is 0 Å². The van der Waals surface area contributed by atoms with Gasteiger partial charge in [0, 0.05) is 82.8 Å². The smallest absolute Gasteiger partial charge is 0.127 e. The highest BCUT2D eigenvalue weighted by Gasteiger charge is 2.33. The van der Waals surface area contributed by atoms with Crippen molar-refractivity contribution < 1.29 is 5.11 Å². The number of rotatable bonds is 7. The van der Waals surface area contributed by atoms with Crippen molar-refractivity contribution in [3.05, 3.63) is 59.7 Å². The van der Waals surface area contributed by atoms with Gasteiger partial charge in [-0.1, -0.05) is 37.3 Å². The summed E-state index contributed by atoms with van der Waals surface area (Å²) < 4.78 is 0. The minimum absolute atomic E-state index is 0.287. The molecule has 2 fully saturated rings. The number of piperazine rings is 1. The normalized spacial score (nSPS) is 24.2. The summed E-state index contributed by atoms with van der Waals surface area (Å²) >= 11 is 0. The molecule has 0 aliphatic carbocycles. The first-order valence-electron chi connectivity index (χ1n) is 11.4. The number of nitrogens with zero attached hydrogens (tertiary/aromatic N) is 5. The Kier molecular flexibility index (Phi) is 7.44. The molecule has 1 aromatic carbocycles. The molecule has 0 radical (unpaired) electrons. The first kappa shape index (κ1) is 21.4. The molecule has 2 atom stereocenters. The lowest BCUT2D eigenvalue weighted by molar-refractivity contribution is -0.0308. The van der Waals surface area contributed by atoms with Gasteiger partial charge in [0.2, 0.25) is 0 Å². The maximum absolute atomic E-state index is 10.8. The van der Waals surface area contributed by atoms with Gasteiger partial charge in [-0.05, 0) is 18.4 Å². The maximum atomic E-state index is 10.8. The van der Waals surface area contributed by atoms with Crippen LogP contribution in [0.15, 0.2) is 42.7 Å². The SMILES string of the molecule is CCc1ncc(CN2CC[C@H](N3CCN(CCc4ccccc4)CC3)[C@@H](O)C2)cn1. The van der Waals surface area contributed by atoms with Gasteiger partial charge in [0.1, 0.15) is 5.82 Å². The number of β-amino-alcohol motifs (C(OH)–C–C–N with tert-alkyl or cyclic N) is 1. The second-order valence-electron chi connectivity index (χ2n) is 8.63. The summed E-state index contributed by atoms with van der Waals surface area (Å²) in [7, 11) is 0. The lowest BCUT2D eigenvalue weighted by atomic mass is 9.98. The Labute approximate surface area is 180 Å². The Bertz CT molecular complexity index is 761. The quantitative estimate of drug-likeness (QED) is 0.753. The summed E-state index contributed by atoms with van der Waals surface area (Å²) in [5.41, 5.74) is 2.54. The van der Waals surface area contributed by atoms with E-state index in [0.717, 1.165) is 83.0 Å². The van der Waals surface area contributed by atoms with Crippen LogP contribution in [0.5, 0.6) is 0 Å². The number of piperidine rings is 1. The molecule has 2 aliphatic heterocycles. The number of aromatic nitrogens is 2. The molecule has 1 N–H and O–H groups in total. The molecule has 0 amide bonds. The monoisotopic (exact) mass is 409 g/mol. The molecular formula is C24H35N5O. The third-order valence-corrected chi connectivity index (χ3v) is 6.55. The van der Waals surface area contributed by atoms with E-state index in [1.54, 1.807) is 0 Å². The molecule has 0 unspecified atom stereocenters. The first-order chi connectivity index (χ1) is 14.7. The first-order valence-corrected chi connectivity index (χ1v) is 11.4. The standard InChI is InChI=1S/C24H35N5O/c1-2-24-25-16-21(17-26-24)18-28-11-9-22(23(30)19-28)29-14-12-27(13-15-29)10-8-20-6-4-3-5-7-20/h3-7,16-17,22-23,30H,2,8-15,18-19H2,1H3/t22-,23-/m0/s1. The van der Waals surface area contributed by atoms with E-state index in [2.05, 4.69) is 61.9 Å². The van der Waals surface area contributed by atoms with Gasteiger partial charge in [-0.3, -0.25) is 9.80 Å². The third-order valence-electron chi connectivity index (χ3n) is 6.55. The van der Waals surface area contributed by atoms with E-state index >= 15 is 0 Å². The Morgan fingerprint density at radius 2 is 1.67 bits per heavy atom. The second kappa shape index (κ2) is 10.4. The number of hydrogen-bond donors (Lipinski definition) is 1. The Morgan fingerprint density at radius 3 is 2.33 bits per heavy atom. The van der Waals surface area contributed by atoms with Crippen LogP contribution >= 0.6 is 0 Å². The van der Waals surface area contributed by atoms with E-state index in [9.17, 15) is 5.11 Å². The van der Waals surface area contributed by atoms with E-state index in [-0.39, 0.29) is 12.1 Å². The molecule has 2 aromatic rings. The summed E-state index contributed by atoms with van der Waals surface area (Å²) in [6, 6.07) is 11.0. The van der Waals surface area contributed by atoms with Gasteiger partial charge in [-0.25, -0.2) is 9.97 Å². The van der Waals surface area contributed by atoms with E-state index in [1.165, 1.54) is 5.56 Å². The largest absolute Gasteiger partial charge is 0.390 e. The molecule has 2 saturated heterocycles. The van der Waals surface area contributed by atoms with Crippen molar-refractivity contribution in [3.63, 3.8) is 0 Å². The second-order valence-corrected chi connectivity index (χ2v) is 8.63. The molecule has 162 valence electrons. The van der Waals surface area contributed by atoms with Gasteiger partial charge in [-0.2, -0.15) is 0 Å². The van der Waals surface area contributed by atoms with Gasteiger partial charge in [-0.15, -0.1) is 0 Å². The molecule has 6 nitrogen and oxygen atoms in total. The van der Waals surface area contributed by atoms with Crippen molar-refractivity contribution in [1.82, 2.24) is 24.7 Å². The van der Waals surface area contributed by atoms with E-state index < -0.39 is 0 Å². The summed E-state index contributed by atoms with van der Waals surface area (Å²) in [5.74, 6) is 0.889. The van der Waals surface area contributed by atoms with Crippen LogP contribution in [0.25, 0.3) is 0 Å². The Morgan fingerprint density at radius 1 is 0.933 bits per heavy atom. The maximum Gasteiger partial charge on any atom is 0.127 e. The highest BCUT2D eigenvalue weighted by atomic mass is 16.3. The van der Waals surface area contributed by atoms with E-state index in [1.807, 2.05) is 12.4 Å². The van der Waals surface area contributed by atoms with Crippen LogP contribution in [-0.4, -0.2) is 87.7 Å².